The maximum absolute atomic E-state index is 12.3. The predicted octanol–water partition coefficient (Wildman–Crippen LogP) is 3.01. The van der Waals surface area contributed by atoms with Crippen molar-refractivity contribution in [1.82, 2.24) is 9.71 Å². The molecule has 0 aliphatic rings. The van der Waals surface area contributed by atoms with Crippen molar-refractivity contribution in [3.05, 3.63) is 45.9 Å². The number of nitrogens with one attached hydrogen (secondary N) is 1. The molecule has 0 amide bonds. The lowest BCUT2D eigenvalue weighted by molar-refractivity contribution is 0.470. The highest BCUT2D eigenvalue weighted by Crippen LogP contribution is 2.27. The van der Waals surface area contributed by atoms with E-state index in [0.717, 1.165) is 0 Å². The summed E-state index contributed by atoms with van der Waals surface area (Å²) in [6, 6.07) is 6.35. The van der Waals surface area contributed by atoms with Gasteiger partial charge in [-0.2, -0.15) is 4.72 Å². The quantitative estimate of drug-likeness (QED) is 0.943. The first kappa shape index (κ1) is 14.5. The molecule has 0 aliphatic carbocycles. The Bertz CT molecular complexity index is 667. The lowest BCUT2D eigenvalue weighted by Gasteiger charge is -2.23. The van der Waals surface area contributed by atoms with Gasteiger partial charge in [0.1, 0.15) is 9.90 Å². The molecule has 1 aromatic heterocycles. The molecule has 0 unspecified atom stereocenters. The van der Waals surface area contributed by atoms with Crippen molar-refractivity contribution in [1.29, 1.82) is 0 Å². The van der Waals surface area contributed by atoms with Crippen LogP contribution >= 0.6 is 22.9 Å². The van der Waals surface area contributed by atoms with Gasteiger partial charge < -0.3 is 0 Å². The molecule has 0 saturated carbocycles. The number of halogens is 1. The maximum atomic E-state index is 12.3. The molecule has 1 heterocycles. The molecule has 0 radical (unpaired) electrons. The van der Waals surface area contributed by atoms with Gasteiger partial charge in [-0.05, 0) is 26.0 Å². The summed E-state index contributed by atoms with van der Waals surface area (Å²) in [7, 11) is -3.69. The van der Waals surface area contributed by atoms with E-state index in [1.807, 2.05) is 0 Å². The third kappa shape index (κ3) is 3.14. The van der Waals surface area contributed by atoms with Gasteiger partial charge in [0.25, 0.3) is 0 Å². The monoisotopic (exact) mass is 316 g/mol. The van der Waals surface area contributed by atoms with Crippen LogP contribution in [0.3, 0.4) is 0 Å². The number of thiazole rings is 1. The average Bonchev–Trinajstić information content (AvgIpc) is 2.81. The SMILES string of the molecule is CC(C)(NS(=O)(=O)c1ccccc1Cl)c1nccs1. The molecule has 2 aromatic rings. The van der Waals surface area contributed by atoms with Crippen LogP contribution < -0.4 is 4.72 Å². The van der Waals surface area contributed by atoms with Gasteiger partial charge >= 0.3 is 0 Å². The fourth-order valence-corrected chi connectivity index (χ4v) is 4.31. The van der Waals surface area contributed by atoms with E-state index in [0.29, 0.717) is 5.01 Å². The van der Waals surface area contributed by atoms with Crippen LogP contribution in [0.4, 0.5) is 0 Å². The zero-order chi connectivity index (χ0) is 14.1. The van der Waals surface area contributed by atoms with Crippen LogP contribution in [0, 0.1) is 0 Å². The molecule has 102 valence electrons. The molecule has 2 rings (SSSR count). The first-order valence-electron chi connectivity index (χ1n) is 5.51. The second-order valence-corrected chi connectivity index (χ2v) is 7.45. The molecule has 0 aliphatic heterocycles. The molecule has 7 heteroatoms. The van der Waals surface area contributed by atoms with Crippen LogP contribution in [-0.4, -0.2) is 13.4 Å². The fraction of sp³-hybridized carbons (Fsp3) is 0.250. The zero-order valence-corrected chi connectivity index (χ0v) is 12.8. The van der Waals surface area contributed by atoms with Gasteiger partial charge in [-0.15, -0.1) is 11.3 Å². The van der Waals surface area contributed by atoms with E-state index in [-0.39, 0.29) is 9.92 Å². The van der Waals surface area contributed by atoms with Crippen molar-refractivity contribution in [2.75, 3.05) is 0 Å². The third-order valence-corrected chi connectivity index (χ3v) is 5.74. The number of benzene rings is 1. The van der Waals surface area contributed by atoms with Crippen molar-refractivity contribution in [3.63, 3.8) is 0 Å². The molecule has 4 nitrogen and oxygen atoms in total. The van der Waals surface area contributed by atoms with E-state index in [1.54, 1.807) is 43.6 Å². The second kappa shape index (κ2) is 5.20. The lowest BCUT2D eigenvalue weighted by atomic mass is 10.1. The molecule has 19 heavy (non-hydrogen) atoms. The zero-order valence-electron chi connectivity index (χ0n) is 10.4. The van der Waals surface area contributed by atoms with Crippen molar-refractivity contribution < 1.29 is 8.42 Å². The fourth-order valence-electron chi connectivity index (χ4n) is 1.63. The highest BCUT2D eigenvalue weighted by atomic mass is 35.5. The van der Waals surface area contributed by atoms with Crippen molar-refractivity contribution in [3.8, 4) is 0 Å². The summed E-state index contributed by atoms with van der Waals surface area (Å²) < 4.78 is 27.3. The molecule has 0 spiro atoms. The topological polar surface area (TPSA) is 59.1 Å². The van der Waals surface area contributed by atoms with Crippen LogP contribution in [0.5, 0.6) is 0 Å². The standard InChI is InChI=1S/C12H13ClN2O2S2/c1-12(2,11-14-7-8-18-11)15-19(16,17)10-6-4-3-5-9(10)13/h3-8,15H,1-2H3. The Labute approximate surface area is 121 Å². The molecule has 0 atom stereocenters. The molecular formula is C12H13ClN2O2S2. The van der Waals surface area contributed by atoms with Crippen molar-refractivity contribution in [2.24, 2.45) is 0 Å². The maximum Gasteiger partial charge on any atom is 0.242 e. The Hall–Kier alpha value is -0.950. The molecule has 0 fully saturated rings. The van der Waals surface area contributed by atoms with Gasteiger partial charge in [0.2, 0.25) is 10.0 Å². The second-order valence-electron chi connectivity index (χ2n) is 4.50. The first-order valence-corrected chi connectivity index (χ1v) is 8.25. The summed E-state index contributed by atoms with van der Waals surface area (Å²) in [5, 5.41) is 2.70. The molecule has 1 aromatic carbocycles. The average molecular weight is 317 g/mol. The van der Waals surface area contributed by atoms with Gasteiger partial charge in [0, 0.05) is 11.6 Å². The molecular weight excluding hydrogens is 304 g/mol. The van der Waals surface area contributed by atoms with Gasteiger partial charge in [0.05, 0.1) is 10.6 Å². The van der Waals surface area contributed by atoms with Gasteiger partial charge in [-0.3, -0.25) is 0 Å². The van der Waals surface area contributed by atoms with Gasteiger partial charge in [-0.25, -0.2) is 13.4 Å². The summed E-state index contributed by atoms with van der Waals surface area (Å²) >= 11 is 7.33. The van der Waals surface area contributed by atoms with Crippen molar-refractivity contribution in [2.45, 2.75) is 24.3 Å². The normalized spacial score (nSPS) is 12.6. The van der Waals surface area contributed by atoms with E-state index in [9.17, 15) is 8.42 Å². The van der Waals surface area contributed by atoms with Crippen LogP contribution in [0.25, 0.3) is 0 Å². The number of nitrogens with zero attached hydrogens (tertiary/aromatic N) is 1. The van der Waals surface area contributed by atoms with E-state index < -0.39 is 15.6 Å². The van der Waals surface area contributed by atoms with Crippen molar-refractivity contribution >= 4 is 33.0 Å². The van der Waals surface area contributed by atoms with Crippen LogP contribution in [0.15, 0.2) is 40.7 Å². The Kier molecular flexibility index (Phi) is 3.96. The molecule has 1 N–H and O–H groups in total. The minimum absolute atomic E-state index is 0.0706. The smallest absolute Gasteiger partial charge is 0.242 e. The molecule has 0 saturated heterocycles. The third-order valence-electron chi connectivity index (χ3n) is 2.48. The minimum Gasteiger partial charge on any atom is -0.248 e. The van der Waals surface area contributed by atoms with Gasteiger partial charge in [0.15, 0.2) is 0 Å². The van der Waals surface area contributed by atoms with E-state index in [4.69, 9.17) is 11.6 Å². The number of sulfonamides is 1. The number of hydrogen-bond acceptors (Lipinski definition) is 4. The Morgan fingerprint density at radius 1 is 1.32 bits per heavy atom. The number of rotatable bonds is 4. The van der Waals surface area contributed by atoms with Crippen LogP contribution in [0.1, 0.15) is 18.9 Å². The summed E-state index contributed by atoms with van der Waals surface area (Å²) in [4.78, 5) is 4.22. The first-order chi connectivity index (χ1) is 8.83. The number of aromatic nitrogens is 1. The van der Waals surface area contributed by atoms with Gasteiger partial charge in [-0.1, -0.05) is 23.7 Å². The highest BCUT2D eigenvalue weighted by molar-refractivity contribution is 7.89. The summed E-state index contributed by atoms with van der Waals surface area (Å²) in [6.07, 6.45) is 1.64. The van der Waals surface area contributed by atoms with E-state index in [2.05, 4.69) is 9.71 Å². The number of hydrogen-bond donors (Lipinski definition) is 1. The Balaban J connectivity index is 2.35. The summed E-state index contributed by atoms with van der Waals surface area (Å²) in [5.41, 5.74) is -0.786. The highest BCUT2D eigenvalue weighted by Gasteiger charge is 2.30. The van der Waals surface area contributed by atoms with E-state index in [1.165, 1.54) is 17.4 Å². The van der Waals surface area contributed by atoms with E-state index >= 15 is 0 Å². The Morgan fingerprint density at radius 3 is 2.58 bits per heavy atom. The predicted molar refractivity (Wildman–Crippen MR) is 76.9 cm³/mol. The summed E-state index contributed by atoms with van der Waals surface area (Å²) in [6.45, 7) is 3.53. The lowest BCUT2D eigenvalue weighted by Crippen LogP contribution is -2.40. The van der Waals surface area contributed by atoms with Crippen LogP contribution in [-0.2, 0) is 15.6 Å². The largest absolute Gasteiger partial charge is 0.248 e. The molecule has 0 bridgehead atoms. The minimum atomic E-state index is -3.69. The Morgan fingerprint density at radius 2 is 2.00 bits per heavy atom. The van der Waals surface area contributed by atoms with Crippen LogP contribution in [0.2, 0.25) is 5.02 Å². The summed E-state index contributed by atoms with van der Waals surface area (Å²) in [5.74, 6) is 0.